The first kappa shape index (κ1) is 60.2. The molecule has 0 saturated heterocycles. The van der Waals surface area contributed by atoms with Gasteiger partial charge in [-0.2, -0.15) is 0 Å². The molecule has 0 aromatic rings. The van der Waals surface area contributed by atoms with E-state index in [2.05, 4.69) is 98.9 Å². The molecule has 0 saturated carbocycles. The highest BCUT2D eigenvalue weighted by Crippen LogP contribution is 2.43. The van der Waals surface area contributed by atoms with Crippen molar-refractivity contribution in [1.82, 2.24) is 0 Å². The van der Waals surface area contributed by atoms with E-state index < -0.39 is 45.1 Å². The standard InChI is InChI=1S/C52H90NO9P/c1-3-5-7-9-11-13-15-17-19-21-23-25-26-28-30-32-34-36-38-40-42-44-51(54)62-49(47-60-63(57,58)61-48-50(53)52(55)56)46-59-45-43-41-39-37-35-33-31-29-27-24-22-20-18-16-14-12-10-8-6-4-2/h6,8,12,14-15,17-18,20-21,23-24,27,31,33,49-50H,3-5,7,9-11,13,16,19,22,25-26,28-30,32,34-48,53H2,1-2H3,(H,55,56)(H,57,58)/b8-6-,14-12-,17-15-,20-18-,23-21-,27-24-,33-31-. The normalized spacial score (nSPS) is 14.5. The fourth-order valence-corrected chi connectivity index (χ4v) is 7.14. The van der Waals surface area contributed by atoms with E-state index in [-0.39, 0.29) is 13.0 Å². The fourth-order valence-electron chi connectivity index (χ4n) is 6.37. The molecule has 4 N–H and O–H groups in total. The molecule has 3 atom stereocenters. The third kappa shape index (κ3) is 46.9. The number of carbonyl (C=O) groups is 2. The molecule has 11 heteroatoms. The van der Waals surface area contributed by atoms with Gasteiger partial charge < -0.3 is 25.2 Å². The van der Waals surface area contributed by atoms with Gasteiger partial charge in [-0.3, -0.25) is 18.6 Å². The molecule has 3 unspecified atom stereocenters. The Morgan fingerprint density at radius 1 is 0.524 bits per heavy atom. The Bertz CT molecular complexity index is 1320. The summed E-state index contributed by atoms with van der Waals surface area (Å²) >= 11 is 0. The van der Waals surface area contributed by atoms with Crippen LogP contribution < -0.4 is 5.73 Å². The Morgan fingerprint density at radius 3 is 1.38 bits per heavy atom. The van der Waals surface area contributed by atoms with Gasteiger partial charge in [0.1, 0.15) is 12.1 Å². The Kier molecular flexibility index (Phi) is 45.0. The van der Waals surface area contributed by atoms with Crippen LogP contribution in [0.3, 0.4) is 0 Å². The van der Waals surface area contributed by atoms with Crippen LogP contribution in [0.4, 0.5) is 0 Å². The summed E-state index contributed by atoms with van der Waals surface area (Å²) in [5.41, 5.74) is 5.37. The van der Waals surface area contributed by atoms with Crippen LogP contribution in [0.25, 0.3) is 0 Å². The third-order valence-corrected chi connectivity index (χ3v) is 11.1. The van der Waals surface area contributed by atoms with Gasteiger partial charge in [0.05, 0.1) is 19.8 Å². The maximum absolute atomic E-state index is 12.7. The second kappa shape index (κ2) is 47.1. The topological polar surface area (TPSA) is 155 Å². The molecule has 0 aliphatic carbocycles. The molecule has 0 aromatic heterocycles. The number of ether oxygens (including phenoxy) is 2. The van der Waals surface area contributed by atoms with Crippen molar-refractivity contribution in [2.24, 2.45) is 5.73 Å². The minimum atomic E-state index is -4.64. The number of hydrogen-bond acceptors (Lipinski definition) is 8. The Morgan fingerprint density at radius 2 is 0.921 bits per heavy atom. The minimum Gasteiger partial charge on any atom is -0.480 e. The number of rotatable bonds is 46. The van der Waals surface area contributed by atoms with Crippen LogP contribution in [0.15, 0.2) is 85.1 Å². The SMILES string of the molecule is CC/C=C\C/C=C\C/C=C\C/C=C\C/C=C\CCCCCCOCC(COP(=O)(O)OCC(N)C(=O)O)OC(=O)CCCCCCCCCCC/C=C\C/C=C\CCCCCCC. The first-order chi connectivity index (χ1) is 30.7. The Labute approximate surface area is 384 Å². The summed E-state index contributed by atoms with van der Waals surface area (Å²) < 4.78 is 33.4. The van der Waals surface area contributed by atoms with Crippen molar-refractivity contribution in [1.29, 1.82) is 0 Å². The number of esters is 1. The fraction of sp³-hybridized carbons (Fsp3) is 0.692. The van der Waals surface area contributed by atoms with E-state index >= 15 is 0 Å². The average molecular weight is 904 g/mol. The molecule has 10 nitrogen and oxygen atoms in total. The van der Waals surface area contributed by atoms with E-state index in [4.69, 9.17) is 29.4 Å². The molecule has 0 amide bonds. The van der Waals surface area contributed by atoms with E-state index in [1.54, 1.807) is 0 Å². The summed E-state index contributed by atoms with van der Waals surface area (Å²) in [4.78, 5) is 33.7. The number of unbranched alkanes of at least 4 members (excludes halogenated alkanes) is 18. The number of carboxylic acid groups (broad SMARTS) is 1. The van der Waals surface area contributed by atoms with Gasteiger partial charge in [-0.1, -0.05) is 182 Å². The third-order valence-electron chi connectivity index (χ3n) is 10.2. The van der Waals surface area contributed by atoms with Gasteiger partial charge >= 0.3 is 19.8 Å². The quantitative estimate of drug-likeness (QED) is 0.0233. The number of nitrogens with two attached hydrogens (primary N) is 1. The summed E-state index contributed by atoms with van der Waals surface area (Å²) in [6.07, 6.45) is 60.6. The van der Waals surface area contributed by atoms with Gasteiger partial charge in [0.25, 0.3) is 0 Å². The molecular weight excluding hydrogens is 814 g/mol. The average Bonchev–Trinajstić information content (AvgIpc) is 3.26. The van der Waals surface area contributed by atoms with Crippen LogP contribution in [-0.2, 0) is 32.7 Å². The summed E-state index contributed by atoms with van der Waals surface area (Å²) in [6, 6.07) is -1.48. The zero-order chi connectivity index (χ0) is 46.2. The minimum absolute atomic E-state index is 0.00659. The van der Waals surface area contributed by atoms with Crippen molar-refractivity contribution in [3.05, 3.63) is 85.1 Å². The van der Waals surface area contributed by atoms with Crippen LogP contribution >= 0.6 is 7.82 Å². The highest BCUT2D eigenvalue weighted by Gasteiger charge is 2.27. The summed E-state index contributed by atoms with van der Waals surface area (Å²) in [5, 5.41) is 8.92. The van der Waals surface area contributed by atoms with Crippen molar-refractivity contribution in [2.75, 3.05) is 26.4 Å². The molecule has 0 fully saturated rings. The second-order valence-electron chi connectivity index (χ2n) is 16.2. The number of phosphoric acid groups is 1. The van der Waals surface area contributed by atoms with Crippen LogP contribution in [0.1, 0.15) is 194 Å². The van der Waals surface area contributed by atoms with Gasteiger partial charge in [-0.05, 0) is 89.9 Å². The van der Waals surface area contributed by atoms with E-state index in [0.29, 0.717) is 13.0 Å². The van der Waals surface area contributed by atoms with Crippen LogP contribution in [0.2, 0.25) is 0 Å². The smallest absolute Gasteiger partial charge is 0.472 e. The molecule has 0 rings (SSSR count). The predicted molar refractivity (Wildman–Crippen MR) is 263 cm³/mol. The number of carboxylic acids is 1. The second-order valence-corrected chi connectivity index (χ2v) is 17.7. The van der Waals surface area contributed by atoms with Gasteiger partial charge in [-0.25, -0.2) is 4.57 Å². The Balaban J connectivity index is 4.25. The maximum Gasteiger partial charge on any atom is 0.472 e. The van der Waals surface area contributed by atoms with E-state index in [9.17, 15) is 19.0 Å². The highest BCUT2D eigenvalue weighted by atomic mass is 31.2. The molecule has 0 spiro atoms. The summed E-state index contributed by atoms with van der Waals surface area (Å²) in [7, 11) is -4.64. The number of aliphatic carboxylic acids is 1. The number of phosphoric ester groups is 1. The lowest BCUT2D eigenvalue weighted by molar-refractivity contribution is -0.154. The molecule has 63 heavy (non-hydrogen) atoms. The van der Waals surface area contributed by atoms with Crippen molar-refractivity contribution >= 4 is 19.8 Å². The summed E-state index contributed by atoms with van der Waals surface area (Å²) in [5.74, 6) is -1.80. The van der Waals surface area contributed by atoms with Gasteiger partial charge in [0.15, 0.2) is 0 Å². The lowest BCUT2D eigenvalue weighted by Gasteiger charge is -2.20. The number of carbonyl (C=O) groups excluding carboxylic acids is 1. The molecule has 0 aliphatic rings. The molecule has 0 bridgehead atoms. The maximum atomic E-state index is 12.7. The van der Waals surface area contributed by atoms with Gasteiger partial charge in [-0.15, -0.1) is 0 Å². The molecule has 0 radical (unpaired) electrons. The molecular formula is C52H90NO9P. The zero-order valence-corrected chi connectivity index (χ0v) is 40.5. The number of hydrogen-bond donors (Lipinski definition) is 3. The largest absolute Gasteiger partial charge is 0.480 e. The van der Waals surface area contributed by atoms with Gasteiger partial charge in [0, 0.05) is 13.0 Å². The summed E-state index contributed by atoms with van der Waals surface area (Å²) in [6.45, 7) is 3.69. The van der Waals surface area contributed by atoms with E-state index in [1.165, 1.54) is 70.6 Å². The molecule has 362 valence electrons. The highest BCUT2D eigenvalue weighted by molar-refractivity contribution is 7.47. The predicted octanol–water partition coefficient (Wildman–Crippen LogP) is 14.3. The molecule has 0 heterocycles. The molecule has 0 aromatic carbocycles. The first-order valence-corrected chi connectivity index (χ1v) is 26.1. The van der Waals surface area contributed by atoms with Crippen LogP contribution in [0.5, 0.6) is 0 Å². The van der Waals surface area contributed by atoms with Gasteiger partial charge in [0.2, 0.25) is 0 Å². The monoisotopic (exact) mass is 904 g/mol. The van der Waals surface area contributed by atoms with Crippen molar-refractivity contribution in [3.63, 3.8) is 0 Å². The Hall–Kier alpha value is -2.85. The van der Waals surface area contributed by atoms with E-state index in [1.807, 2.05) is 0 Å². The van der Waals surface area contributed by atoms with Crippen molar-refractivity contribution in [2.45, 2.75) is 206 Å². The lowest BCUT2D eigenvalue weighted by Crippen LogP contribution is -2.34. The van der Waals surface area contributed by atoms with Crippen molar-refractivity contribution < 1.29 is 42.7 Å². The van der Waals surface area contributed by atoms with E-state index in [0.717, 1.165) is 96.3 Å². The first-order valence-electron chi connectivity index (χ1n) is 24.6. The lowest BCUT2D eigenvalue weighted by atomic mass is 10.1. The molecule has 0 aliphatic heterocycles. The van der Waals surface area contributed by atoms with Crippen LogP contribution in [-0.4, -0.2) is 60.5 Å². The zero-order valence-electron chi connectivity index (χ0n) is 39.6. The van der Waals surface area contributed by atoms with Crippen LogP contribution in [0, 0.1) is 0 Å². The van der Waals surface area contributed by atoms with Crippen molar-refractivity contribution in [3.8, 4) is 0 Å². The number of allylic oxidation sites excluding steroid dienone is 14.